The van der Waals surface area contributed by atoms with E-state index in [2.05, 4.69) is 4.40 Å². The number of fused-ring (bicyclic) bond motifs is 1. The van der Waals surface area contributed by atoms with E-state index in [1.54, 1.807) is 36.4 Å². The van der Waals surface area contributed by atoms with Crippen molar-refractivity contribution in [2.45, 2.75) is 11.0 Å². The van der Waals surface area contributed by atoms with Gasteiger partial charge in [0.15, 0.2) is 0 Å². The van der Waals surface area contributed by atoms with E-state index in [-0.39, 0.29) is 4.90 Å². The van der Waals surface area contributed by atoms with E-state index >= 15 is 0 Å². The zero-order chi connectivity index (χ0) is 16.4. The molecule has 0 aliphatic heterocycles. The zero-order valence-electron chi connectivity index (χ0n) is 12.4. The minimum Gasteiger partial charge on any atom is -0.497 e. The molecule has 0 radical (unpaired) electrons. The highest BCUT2D eigenvalue weighted by Crippen LogP contribution is 2.26. The largest absolute Gasteiger partial charge is 0.497 e. The molecule has 2 aromatic rings. The van der Waals surface area contributed by atoms with Gasteiger partial charge in [-0.05, 0) is 42.0 Å². The standard InChI is InChI=1S/C17H15NO4S/c1-22-12-6-8-13(9-7-12)23(20,21)18-16-10-11-17(19)15-5-3-2-4-14(15)16/h2-11,17,19H,1H3/b18-16-. The van der Waals surface area contributed by atoms with Crippen LogP contribution in [0.5, 0.6) is 5.75 Å². The summed E-state index contributed by atoms with van der Waals surface area (Å²) in [7, 11) is -2.33. The molecule has 0 heterocycles. The Hall–Kier alpha value is -2.44. The summed E-state index contributed by atoms with van der Waals surface area (Å²) in [5.41, 5.74) is 1.56. The molecule has 0 spiro atoms. The van der Waals surface area contributed by atoms with Gasteiger partial charge in [-0.1, -0.05) is 24.3 Å². The molecule has 0 saturated carbocycles. The normalized spacial score (nSPS) is 18.7. The highest BCUT2D eigenvalue weighted by Gasteiger charge is 2.20. The van der Waals surface area contributed by atoms with Crippen molar-refractivity contribution in [3.63, 3.8) is 0 Å². The second-order valence-corrected chi connectivity index (χ2v) is 6.62. The molecule has 0 aromatic heterocycles. The van der Waals surface area contributed by atoms with Crippen LogP contribution in [0, 0.1) is 0 Å². The molecule has 1 aliphatic rings. The zero-order valence-corrected chi connectivity index (χ0v) is 13.2. The quantitative estimate of drug-likeness (QED) is 0.938. The number of hydrogen-bond acceptors (Lipinski definition) is 4. The maximum absolute atomic E-state index is 12.5. The molecule has 2 aromatic carbocycles. The van der Waals surface area contributed by atoms with E-state index in [0.29, 0.717) is 22.6 Å². The summed E-state index contributed by atoms with van der Waals surface area (Å²) in [5.74, 6) is 0.572. The maximum atomic E-state index is 12.5. The lowest BCUT2D eigenvalue weighted by Gasteiger charge is -2.17. The Morgan fingerprint density at radius 1 is 1.09 bits per heavy atom. The second-order valence-electron chi connectivity index (χ2n) is 5.02. The number of rotatable bonds is 3. The maximum Gasteiger partial charge on any atom is 0.282 e. The Morgan fingerprint density at radius 2 is 1.78 bits per heavy atom. The molecule has 5 nitrogen and oxygen atoms in total. The van der Waals surface area contributed by atoms with Crippen LogP contribution in [0.2, 0.25) is 0 Å². The van der Waals surface area contributed by atoms with Gasteiger partial charge < -0.3 is 9.84 Å². The van der Waals surface area contributed by atoms with Crippen LogP contribution in [0.25, 0.3) is 0 Å². The molecule has 1 N–H and O–H groups in total. The number of sulfonamides is 1. The first kappa shape index (κ1) is 15.5. The molecule has 118 valence electrons. The van der Waals surface area contributed by atoms with Crippen molar-refractivity contribution in [3.8, 4) is 5.75 Å². The highest BCUT2D eigenvalue weighted by molar-refractivity contribution is 7.90. The molecule has 3 rings (SSSR count). The summed E-state index contributed by atoms with van der Waals surface area (Å²) in [4.78, 5) is 0.0859. The molecule has 0 fully saturated rings. The molecule has 0 amide bonds. The highest BCUT2D eigenvalue weighted by atomic mass is 32.2. The minimum atomic E-state index is -3.85. The van der Waals surface area contributed by atoms with E-state index in [1.165, 1.54) is 31.4 Å². The molecule has 0 bridgehead atoms. The van der Waals surface area contributed by atoms with Crippen molar-refractivity contribution in [2.24, 2.45) is 4.40 Å². The first-order valence-corrected chi connectivity index (χ1v) is 8.40. The molecule has 1 atom stereocenters. The van der Waals surface area contributed by atoms with Gasteiger partial charge in [0.1, 0.15) is 5.75 Å². The van der Waals surface area contributed by atoms with Gasteiger partial charge in [0.05, 0.1) is 23.8 Å². The third kappa shape index (κ3) is 3.04. The van der Waals surface area contributed by atoms with E-state index in [9.17, 15) is 13.5 Å². The van der Waals surface area contributed by atoms with Crippen molar-refractivity contribution in [1.29, 1.82) is 0 Å². The van der Waals surface area contributed by atoms with Crippen LogP contribution in [0.1, 0.15) is 17.2 Å². The monoisotopic (exact) mass is 329 g/mol. The number of allylic oxidation sites excluding steroid dienone is 1. The lowest BCUT2D eigenvalue weighted by atomic mass is 9.93. The van der Waals surface area contributed by atoms with Gasteiger partial charge >= 0.3 is 0 Å². The molecular weight excluding hydrogens is 314 g/mol. The number of methoxy groups -OCH3 is 1. The van der Waals surface area contributed by atoms with Crippen LogP contribution < -0.4 is 4.74 Å². The van der Waals surface area contributed by atoms with Crippen LogP contribution in [0.4, 0.5) is 0 Å². The Kier molecular flexibility index (Phi) is 4.02. The number of aliphatic hydroxyl groups excluding tert-OH is 1. The van der Waals surface area contributed by atoms with E-state index < -0.39 is 16.1 Å². The molecule has 23 heavy (non-hydrogen) atoms. The predicted octanol–water partition coefficient (Wildman–Crippen LogP) is 2.48. The topological polar surface area (TPSA) is 76.0 Å². The molecular formula is C17H15NO4S. The Morgan fingerprint density at radius 3 is 2.48 bits per heavy atom. The molecule has 1 aliphatic carbocycles. The first-order valence-electron chi connectivity index (χ1n) is 6.96. The smallest absolute Gasteiger partial charge is 0.282 e. The van der Waals surface area contributed by atoms with Gasteiger partial charge in [-0.25, -0.2) is 0 Å². The second kappa shape index (κ2) is 5.98. The molecule has 6 heteroatoms. The van der Waals surface area contributed by atoms with Gasteiger partial charge in [0.2, 0.25) is 0 Å². The SMILES string of the molecule is COc1ccc(S(=O)(=O)/N=C2/C=CC(O)c3ccccc32)cc1. The van der Waals surface area contributed by atoms with E-state index in [4.69, 9.17) is 4.74 Å². The van der Waals surface area contributed by atoms with Crippen LogP contribution in [-0.4, -0.2) is 26.3 Å². The average Bonchev–Trinajstić information content (AvgIpc) is 2.58. The van der Waals surface area contributed by atoms with Crippen molar-refractivity contribution in [2.75, 3.05) is 7.11 Å². The van der Waals surface area contributed by atoms with Gasteiger partial charge in [-0.3, -0.25) is 0 Å². The number of aliphatic hydroxyl groups is 1. The third-order valence-corrected chi connectivity index (χ3v) is 4.87. The minimum absolute atomic E-state index is 0.0859. The Labute approximate surface area is 134 Å². The number of hydrogen-bond donors (Lipinski definition) is 1. The summed E-state index contributed by atoms with van der Waals surface area (Å²) in [6, 6.07) is 13.1. The van der Waals surface area contributed by atoms with Crippen LogP contribution in [-0.2, 0) is 10.0 Å². The summed E-state index contributed by atoms with van der Waals surface area (Å²) < 4.78 is 33.9. The van der Waals surface area contributed by atoms with Gasteiger partial charge in [0.25, 0.3) is 10.0 Å². The van der Waals surface area contributed by atoms with Gasteiger partial charge in [-0.2, -0.15) is 12.8 Å². The van der Waals surface area contributed by atoms with E-state index in [0.717, 1.165) is 0 Å². The van der Waals surface area contributed by atoms with Crippen molar-refractivity contribution >= 4 is 15.7 Å². The summed E-state index contributed by atoms with van der Waals surface area (Å²) in [6.07, 6.45) is 2.28. The Balaban J connectivity index is 2.04. The Bertz CT molecular complexity index is 883. The molecule has 0 saturated heterocycles. The first-order chi connectivity index (χ1) is 11.0. The van der Waals surface area contributed by atoms with Gasteiger partial charge in [0, 0.05) is 5.56 Å². The fraction of sp³-hybridized carbons (Fsp3) is 0.118. The fourth-order valence-corrected chi connectivity index (χ4v) is 3.38. The van der Waals surface area contributed by atoms with E-state index in [1.807, 2.05) is 0 Å². The lowest BCUT2D eigenvalue weighted by molar-refractivity contribution is 0.228. The molecule has 1 unspecified atom stereocenters. The fourth-order valence-electron chi connectivity index (χ4n) is 2.37. The summed E-state index contributed by atoms with van der Waals surface area (Å²) in [6.45, 7) is 0. The van der Waals surface area contributed by atoms with Crippen LogP contribution >= 0.6 is 0 Å². The summed E-state index contributed by atoms with van der Waals surface area (Å²) >= 11 is 0. The predicted molar refractivity (Wildman–Crippen MR) is 87.3 cm³/mol. The lowest BCUT2D eigenvalue weighted by Crippen LogP contribution is -2.13. The number of nitrogens with zero attached hydrogens (tertiary/aromatic N) is 1. The van der Waals surface area contributed by atoms with Crippen molar-refractivity contribution in [3.05, 3.63) is 71.8 Å². The number of ether oxygens (including phenoxy) is 1. The van der Waals surface area contributed by atoms with Crippen LogP contribution in [0.15, 0.2) is 70.0 Å². The van der Waals surface area contributed by atoms with Gasteiger partial charge in [-0.15, -0.1) is 0 Å². The number of benzene rings is 2. The summed E-state index contributed by atoms with van der Waals surface area (Å²) in [5, 5.41) is 9.95. The average molecular weight is 329 g/mol. The van der Waals surface area contributed by atoms with Crippen LogP contribution in [0.3, 0.4) is 0 Å². The van der Waals surface area contributed by atoms with Crippen molar-refractivity contribution < 1.29 is 18.3 Å². The van der Waals surface area contributed by atoms with Crippen molar-refractivity contribution in [1.82, 2.24) is 0 Å². The third-order valence-electron chi connectivity index (χ3n) is 3.57.